The average Bonchev–Trinajstić information content (AvgIpc) is 2.65. The molecule has 0 saturated carbocycles. The highest BCUT2D eigenvalue weighted by Crippen LogP contribution is 2.39. The van der Waals surface area contributed by atoms with Crippen LogP contribution in [0.15, 0.2) is 35.2 Å². The Morgan fingerprint density at radius 1 is 1.14 bits per heavy atom. The van der Waals surface area contributed by atoms with Crippen molar-refractivity contribution in [3.05, 3.63) is 53.1 Å². The molecule has 0 aromatic heterocycles. The topological polar surface area (TPSA) is 63.7 Å². The van der Waals surface area contributed by atoms with Crippen molar-refractivity contribution >= 4 is 27.2 Å². The number of halogens is 5. The number of rotatable bonds is 3. The molecule has 0 aliphatic carbocycles. The molecule has 5 nitrogen and oxygen atoms in total. The van der Waals surface area contributed by atoms with Crippen molar-refractivity contribution in [3.8, 4) is 0 Å². The first-order valence-electron chi connectivity index (χ1n) is 8.26. The first-order chi connectivity index (χ1) is 13.5. The summed E-state index contributed by atoms with van der Waals surface area (Å²) in [5.41, 5.74) is -6.03. The lowest BCUT2D eigenvalue weighted by Crippen LogP contribution is -2.28. The molecule has 0 amide bonds. The van der Waals surface area contributed by atoms with E-state index in [1.807, 2.05) is 0 Å². The Morgan fingerprint density at radius 2 is 1.83 bits per heavy atom. The number of methoxy groups -OCH3 is 1. The number of hydrogen-bond acceptors (Lipinski definition) is 5. The molecule has 2 aromatic rings. The molecule has 3 rings (SSSR count). The van der Waals surface area contributed by atoms with Crippen LogP contribution in [0.1, 0.15) is 22.3 Å². The molecule has 156 valence electrons. The molecule has 0 spiro atoms. The van der Waals surface area contributed by atoms with Crippen LogP contribution in [0.25, 0.3) is 0 Å². The number of carbonyl (C=O) groups is 1. The maximum atomic E-state index is 14.4. The van der Waals surface area contributed by atoms with E-state index in [1.165, 1.54) is 4.90 Å². The molecule has 0 saturated heterocycles. The van der Waals surface area contributed by atoms with Gasteiger partial charge in [-0.05, 0) is 42.7 Å². The molecular weight excluding hydrogens is 421 g/mol. The number of nitrogens with zero attached hydrogens (tertiary/aromatic N) is 1. The quantitative estimate of drug-likeness (QED) is 0.536. The molecule has 0 bridgehead atoms. The van der Waals surface area contributed by atoms with Crippen molar-refractivity contribution in [2.24, 2.45) is 0 Å². The van der Waals surface area contributed by atoms with Gasteiger partial charge < -0.3 is 9.64 Å². The van der Waals surface area contributed by atoms with Crippen LogP contribution in [0.2, 0.25) is 0 Å². The zero-order valence-corrected chi connectivity index (χ0v) is 15.7. The lowest BCUT2D eigenvalue weighted by atomic mass is 10.00. The fraction of sp³-hybridized carbons (Fsp3) is 0.278. The van der Waals surface area contributed by atoms with Crippen LogP contribution in [0.4, 0.5) is 33.3 Å². The van der Waals surface area contributed by atoms with Gasteiger partial charge in [-0.3, -0.25) is 0 Å². The van der Waals surface area contributed by atoms with Crippen molar-refractivity contribution in [1.82, 2.24) is 0 Å². The summed E-state index contributed by atoms with van der Waals surface area (Å²) in [7, 11) is -4.94. The average molecular weight is 435 g/mol. The monoisotopic (exact) mass is 435 g/mol. The smallest absolute Gasteiger partial charge is 0.465 e. The Balaban J connectivity index is 2.19. The highest BCUT2D eigenvalue weighted by molar-refractivity contribution is 7.92. The van der Waals surface area contributed by atoms with Gasteiger partial charge in [-0.25, -0.2) is 22.0 Å². The van der Waals surface area contributed by atoms with Gasteiger partial charge in [-0.1, -0.05) is 0 Å². The molecule has 1 aliphatic rings. The minimum Gasteiger partial charge on any atom is -0.465 e. The van der Waals surface area contributed by atoms with E-state index < -0.39 is 43.4 Å². The minimum absolute atomic E-state index is 0.0138. The third-order valence-electron chi connectivity index (χ3n) is 4.48. The molecule has 1 heterocycles. The molecule has 29 heavy (non-hydrogen) atoms. The Morgan fingerprint density at radius 3 is 2.45 bits per heavy atom. The predicted octanol–water partition coefficient (Wildman–Crippen LogP) is 4.13. The first-order valence-corrected chi connectivity index (χ1v) is 9.75. The molecule has 0 radical (unpaired) electrons. The SMILES string of the molecule is COC(=O)c1cc(N2CCCc3cc(F)cc(F)c32)ccc1S(=O)(=O)C(F)(F)F. The number of carbonyl (C=O) groups excluding carboxylic acids is 1. The number of anilines is 2. The summed E-state index contributed by atoms with van der Waals surface area (Å²) in [5.74, 6) is -2.96. The lowest BCUT2D eigenvalue weighted by Gasteiger charge is -2.32. The van der Waals surface area contributed by atoms with Gasteiger partial charge in [0.05, 0.1) is 23.3 Å². The number of alkyl halides is 3. The van der Waals surface area contributed by atoms with Crippen LogP contribution in [0.3, 0.4) is 0 Å². The molecule has 0 fully saturated rings. The van der Waals surface area contributed by atoms with Gasteiger partial charge in [-0.15, -0.1) is 0 Å². The highest BCUT2D eigenvalue weighted by atomic mass is 32.2. The van der Waals surface area contributed by atoms with E-state index in [9.17, 15) is 35.2 Å². The van der Waals surface area contributed by atoms with Crippen molar-refractivity contribution in [3.63, 3.8) is 0 Å². The highest BCUT2D eigenvalue weighted by Gasteiger charge is 2.48. The maximum Gasteiger partial charge on any atom is 0.501 e. The largest absolute Gasteiger partial charge is 0.501 e. The van der Waals surface area contributed by atoms with E-state index in [0.29, 0.717) is 30.5 Å². The van der Waals surface area contributed by atoms with Crippen LogP contribution in [0, 0.1) is 11.6 Å². The molecule has 2 aromatic carbocycles. The minimum atomic E-state index is -5.83. The molecule has 11 heteroatoms. The van der Waals surface area contributed by atoms with Gasteiger partial charge in [-0.2, -0.15) is 13.2 Å². The van der Waals surface area contributed by atoms with Crippen molar-refractivity contribution in [1.29, 1.82) is 0 Å². The second-order valence-corrected chi connectivity index (χ2v) is 8.18. The van der Waals surface area contributed by atoms with Crippen LogP contribution in [0.5, 0.6) is 0 Å². The van der Waals surface area contributed by atoms with E-state index in [-0.39, 0.29) is 17.9 Å². The standard InChI is InChI=1S/C18H14F5NO4S/c1-28-17(25)13-9-12(4-5-15(13)29(26,27)18(21,22)23)24-6-2-3-10-7-11(19)8-14(20)16(10)24/h4-5,7-9H,2-3,6H2,1H3. The Kier molecular flexibility index (Phi) is 5.28. The van der Waals surface area contributed by atoms with E-state index in [4.69, 9.17) is 0 Å². The fourth-order valence-corrected chi connectivity index (χ4v) is 4.15. The summed E-state index contributed by atoms with van der Waals surface area (Å²) < 4.78 is 94.9. The van der Waals surface area contributed by atoms with Crippen molar-refractivity contribution in [2.75, 3.05) is 18.6 Å². The van der Waals surface area contributed by atoms with Gasteiger partial charge in [0.25, 0.3) is 9.84 Å². The van der Waals surface area contributed by atoms with Gasteiger partial charge >= 0.3 is 11.5 Å². The maximum absolute atomic E-state index is 14.4. The van der Waals surface area contributed by atoms with Crippen LogP contribution in [-0.4, -0.2) is 33.5 Å². The van der Waals surface area contributed by atoms with Gasteiger partial charge in [0.15, 0.2) is 0 Å². The van der Waals surface area contributed by atoms with Gasteiger partial charge in [0, 0.05) is 18.3 Å². The first kappa shape index (κ1) is 21.0. The number of hydrogen-bond donors (Lipinski definition) is 0. The Hall–Kier alpha value is -2.69. The summed E-state index contributed by atoms with van der Waals surface area (Å²) >= 11 is 0. The number of esters is 1. The van der Waals surface area contributed by atoms with E-state index in [2.05, 4.69) is 4.74 Å². The summed E-state index contributed by atoms with van der Waals surface area (Å²) in [5, 5.41) is 0. The number of aryl methyl sites for hydroxylation is 1. The summed E-state index contributed by atoms with van der Waals surface area (Å²) in [6.07, 6.45) is 0.858. The number of benzene rings is 2. The van der Waals surface area contributed by atoms with Gasteiger partial charge in [0.1, 0.15) is 11.6 Å². The summed E-state index contributed by atoms with van der Waals surface area (Å²) in [4.78, 5) is 12.1. The second-order valence-electron chi connectivity index (χ2n) is 6.27. The lowest BCUT2D eigenvalue weighted by molar-refractivity contribution is -0.0436. The third kappa shape index (κ3) is 3.66. The fourth-order valence-electron chi connectivity index (χ4n) is 3.22. The zero-order valence-electron chi connectivity index (χ0n) is 14.9. The van der Waals surface area contributed by atoms with E-state index in [1.54, 1.807) is 0 Å². The molecule has 0 unspecified atom stereocenters. The molecule has 0 N–H and O–H groups in total. The van der Waals surface area contributed by atoms with Crippen molar-refractivity contribution < 1.29 is 39.9 Å². The van der Waals surface area contributed by atoms with Crippen LogP contribution >= 0.6 is 0 Å². The number of ether oxygens (including phenoxy) is 1. The zero-order chi connectivity index (χ0) is 21.6. The summed E-state index contributed by atoms with van der Waals surface area (Å²) in [6.45, 7) is 0.224. The predicted molar refractivity (Wildman–Crippen MR) is 92.7 cm³/mol. The molecule has 0 atom stereocenters. The number of fused-ring (bicyclic) bond motifs is 1. The van der Waals surface area contributed by atoms with E-state index in [0.717, 1.165) is 25.3 Å². The van der Waals surface area contributed by atoms with Crippen LogP contribution in [-0.2, 0) is 21.0 Å². The third-order valence-corrected chi connectivity index (χ3v) is 6.02. The van der Waals surface area contributed by atoms with Crippen molar-refractivity contribution in [2.45, 2.75) is 23.2 Å². The second kappa shape index (κ2) is 7.29. The Labute approximate surface area is 162 Å². The molecule has 1 aliphatic heterocycles. The Bertz CT molecular complexity index is 1080. The van der Waals surface area contributed by atoms with E-state index >= 15 is 0 Å². The van der Waals surface area contributed by atoms with Gasteiger partial charge in [0.2, 0.25) is 0 Å². The number of sulfone groups is 1. The van der Waals surface area contributed by atoms with Crippen LogP contribution < -0.4 is 4.90 Å². The summed E-state index contributed by atoms with van der Waals surface area (Å²) in [6, 6.07) is 4.36. The molecular formula is C18H14F5NO4S. The normalized spacial score (nSPS) is 14.5.